The summed E-state index contributed by atoms with van der Waals surface area (Å²) in [6, 6.07) is 6.51. The summed E-state index contributed by atoms with van der Waals surface area (Å²) < 4.78 is 2.71. The van der Waals surface area contributed by atoms with E-state index in [0.29, 0.717) is 11.3 Å². The molecule has 0 fully saturated rings. The minimum atomic E-state index is -0.787. The van der Waals surface area contributed by atoms with Crippen LogP contribution in [0.1, 0.15) is 21.5 Å². The maximum atomic E-state index is 12.5. The third-order valence-electron chi connectivity index (χ3n) is 4.36. The van der Waals surface area contributed by atoms with E-state index in [2.05, 4.69) is 5.10 Å². The molecule has 3 aromatic rings. The summed E-state index contributed by atoms with van der Waals surface area (Å²) in [5.74, 6) is -0.710. The molecule has 0 atom stereocenters. The van der Waals surface area contributed by atoms with Crippen LogP contribution in [0.5, 0.6) is 5.75 Å². The second-order valence-electron chi connectivity index (χ2n) is 6.10. The minimum absolute atomic E-state index is 0.00945. The lowest BCUT2D eigenvalue weighted by molar-refractivity contribution is 0.100. The Labute approximate surface area is 149 Å². The zero-order chi connectivity index (χ0) is 19.2. The number of hydrogen-bond acceptors (Lipinski definition) is 5. The van der Waals surface area contributed by atoms with Crippen LogP contribution in [0.15, 0.2) is 35.3 Å². The summed E-state index contributed by atoms with van der Waals surface area (Å²) in [5, 5.41) is 14.4. The first-order chi connectivity index (χ1) is 12.2. The molecule has 0 aliphatic carbocycles. The van der Waals surface area contributed by atoms with Gasteiger partial charge in [0.2, 0.25) is 0 Å². The van der Waals surface area contributed by atoms with Crippen molar-refractivity contribution in [2.75, 3.05) is 5.73 Å². The van der Waals surface area contributed by atoms with Crippen molar-refractivity contribution >= 4 is 11.7 Å². The number of aryl methyl sites for hydroxylation is 2. The molecule has 0 saturated heterocycles. The summed E-state index contributed by atoms with van der Waals surface area (Å²) in [6.45, 7) is 3.54. The topological polar surface area (TPSA) is 129 Å². The predicted octanol–water partition coefficient (Wildman–Crippen LogP) is 1.24. The zero-order valence-electron chi connectivity index (χ0n) is 14.6. The summed E-state index contributed by atoms with van der Waals surface area (Å²) in [5.41, 5.74) is 13.5. The van der Waals surface area contributed by atoms with Crippen LogP contribution in [0.4, 0.5) is 5.82 Å². The molecule has 0 spiro atoms. The van der Waals surface area contributed by atoms with Crippen molar-refractivity contribution in [1.82, 2.24) is 14.3 Å². The molecule has 26 heavy (non-hydrogen) atoms. The molecule has 1 amide bonds. The van der Waals surface area contributed by atoms with Crippen LogP contribution in [0, 0.1) is 13.8 Å². The van der Waals surface area contributed by atoms with E-state index in [9.17, 15) is 14.7 Å². The number of carbonyl (C=O) groups is 1. The van der Waals surface area contributed by atoms with Crippen molar-refractivity contribution in [3.63, 3.8) is 0 Å². The van der Waals surface area contributed by atoms with E-state index in [4.69, 9.17) is 11.5 Å². The third kappa shape index (κ3) is 2.52. The monoisotopic (exact) mass is 353 g/mol. The molecule has 2 aromatic heterocycles. The standard InChI is InChI=1S/C18H19N5O3/c1-9-6-7-12(24)10(2)15(9)23-16(19)13(17(20)25)14(21-23)11-5-4-8-22(3)18(11)26/h4-8,24H,19H2,1-3H3,(H2,20,25). The van der Waals surface area contributed by atoms with E-state index < -0.39 is 5.91 Å². The van der Waals surface area contributed by atoms with Crippen molar-refractivity contribution in [3.05, 3.63) is 57.5 Å². The average Bonchev–Trinajstić information content (AvgIpc) is 2.91. The number of primary amides is 1. The molecule has 134 valence electrons. The Morgan fingerprint density at radius 1 is 1.23 bits per heavy atom. The van der Waals surface area contributed by atoms with E-state index in [1.54, 1.807) is 44.4 Å². The Bertz CT molecular complexity index is 1090. The number of phenols is 1. The van der Waals surface area contributed by atoms with E-state index in [-0.39, 0.29) is 33.9 Å². The highest BCUT2D eigenvalue weighted by Gasteiger charge is 2.25. The van der Waals surface area contributed by atoms with Crippen LogP contribution in [0.25, 0.3) is 16.9 Å². The molecule has 0 radical (unpaired) electrons. The number of anilines is 1. The molecule has 0 saturated carbocycles. The van der Waals surface area contributed by atoms with Crippen LogP contribution in [-0.2, 0) is 7.05 Å². The first-order valence-electron chi connectivity index (χ1n) is 7.88. The van der Waals surface area contributed by atoms with Crippen molar-refractivity contribution in [3.8, 4) is 22.7 Å². The summed E-state index contributed by atoms with van der Waals surface area (Å²) >= 11 is 0. The zero-order valence-corrected chi connectivity index (χ0v) is 14.6. The number of amides is 1. The Hall–Kier alpha value is -3.55. The first kappa shape index (κ1) is 17.3. The second-order valence-corrected chi connectivity index (χ2v) is 6.10. The summed E-state index contributed by atoms with van der Waals surface area (Å²) in [6.07, 6.45) is 1.60. The van der Waals surface area contributed by atoms with Crippen LogP contribution < -0.4 is 17.0 Å². The summed E-state index contributed by atoms with van der Waals surface area (Å²) in [4.78, 5) is 24.5. The summed E-state index contributed by atoms with van der Waals surface area (Å²) in [7, 11) is 1.60. The second kappa shape index (κ2) is 6.07. The molecule has 0 aliphatic heterocycles. The number of hydrogen-bond donors (Lipinski definition) is 3. The number of aromatic nitrogens is 3. The van der Waals surface area contributed by atoms with Gasteiger partial charge in [-0.2, -0.15) is 5.10 Å². The van der Waals surface area contributed by atoms with Crippen molar-refractivity contribution in [2.24, 2.45) is 12.8 Å². The van der Waals surface area contributed by atoms with Gasteiger partial charge in [-0.15, -0.1) is 0 Å². The SMILES string of the molecule is Cc1ccc(O)c(C)c1-n1nc(-c2cccn(C)c2=O)c(C(N)=O)c1N. The van der Waals surface area contributed by atoms with Crippen LogP contribution in [0.3, 0.4) is 0 Å². The third-order valence-corrected chi connectivity index (χ3v) is 4.36. The maximum Gasteiger partial charge on any atom is 0.259 e. The molecular weight excluding hydrogens is 334 g/mol. The number of nitrogens with zero attached hydrogens (tertiary/aromatic N) is 3. The maximum absolute atomic E-state index is 12.5. The molecule has 3 rings (SSSR count). The predicted molar refractivity (Wildman–Crippen MR) is 98.3 cm³/mol. The normalized spacial score (nSPS) is 10.9. The molecule has 8 heteroatoms. The van der Waals surface area contributed by atoms with Gasteiger partial charge >= 0.3 is 0 Å². The van der Waals surface area contributed by atoms with Gasteiger partial charge in [0.1, 0.15) is 22.8 Å². The van der Waals surface area contributed by atoms with Gasteiger partial charge in [0.05, 0.1) is 11.3 Å². The number of benzene rings is 1. The highest BCUT2D eigenvalue weighted by molar-refractivity contribution is 6.03. The van der Waals surface area contributed by atoms with Crippen molar-refractivity contribution < 1.29 is 9.90 Å². The molecule has 0 bridgehead atoms. The fourth-order valence-corrected chi connectivity index (χ4v) is 2.96. The van der Waals surface area contributed by atoms with Crippen LogP contribution >= 0.6 is 0 Å². The number of rotatable bonds is 3. The molecule has 1 aromatic carbocycles. The number of aromatic hydroxyl groups is 1. The number of pyridine rings is 1. The fraction of sp³-hybridized carbons (Fsp3) is 0.167. The van der Waals surface area contributed by atoms with Gasteiger partial charge in [-0.3, -0.25) is 9.59 Å². The quantitative estimate of drug-likeness (QED) is 0.652. The highest BCUT2D eigenvalue weighted by Crippen LogP contribution is 2.32. The van der Waals surface area contributed by atoms with Gasteiger partial charge in [-0.25, -0.2) is 4.68 Å². The number of nitrogen functional groups attached to an aromatic ring is 1. The van der Waals surface area contributed by atoms with Gasteiger partial charge in [0.25, 0.3) is 11.5 Å². The number of phenolic OH excluding ortho intramolecular Hbond substituents is 1. The average molecular weight is 353 g/mol. The van der Waals surface area contributed by atoms with Gasteiger partial charge in [0, 0.05) is 18.8 Å². The lowest BCUT2D eigenvalue weighted by Crippen LogP contribution is -2.20. The Kier molecular flexibility index (Phi) is 4.03. The van der Waals surface area contributed by atoms with E-state index in [1.807, 2.05) is 6.92 Å². The van der Waals surface area contributed by atoms with Gasteiger partial charge in [-0.05, 0) is 37.6 Å². The minimum Gasteiger partial charge on any atom is -0.508 e. The molecule has 5 N–H and O–H groups in total. The number of carbonyl (C=O) groups excluding carboxylic acids is 1. The fourth-order valence-electron chi connectivity index (χ4n) is 2.96. The lowest BCUT2D eigenvalue weighted by Gasteiger charge is -2.12. The molecule has 2 heterocycles. The highest BCUT2D eigenvalue weighted by atomic mass is 16.3. The first-order valence-corrected chi connectivity index (χ1v) is 7.88. The van der Waals surface area contributed by atoms with Crippen LogP contribution in [-0.4, -0.2) is 25.4 Å². The Morgan fingerprint density at radius 3 is 2.58 bits per heavy atom. The van der Waals surface area contributed by atoms with E-state index in [0.717, 1.165) is 5.56 Å². The van der Waals surface area contributed by atoms with Crippen molar-refractivity contribution in [1.29, 1.82) is 0 Å². The Morgan fingerprint density at radius 2 is 1.92 bits per heavy atom. The van der Waals surface area contributed by atoms with E-state index >= 15 is 0 Å². The lowest BCUT2D eigenvalue weighted by atomic mass is 10.1. The number of nitrogens with two attached hydrogens (primary N) is 2. The Balaban J connectivity index is 2.39. The molecule has 8 nitrogen and oxygen atoms in total. The van der Waals surface area contributed by atoms with Gasteiger partial charge in [-0.1, -0.05) is 6.07 Å². The molecule has 0 aliphatic rings. The molecule has 0 unspecified atom stereocenters. The van der Waals surface area contributed by atoms with Crippen LogP contribution in [0.2, 0.25) is 0 Å². The van der Waals surface area contributed by atoms with Gasteiger partial charge in [0.15, 0.2) is 0 Å². The van der Waals surface area contributed by atoms with Gasteiger partial charge < -0.3 is 21.1 Å². The van der Waals surface area contributed by atoms with E-state index in [1.165, 1.54) is 9.25 Å². The largest absolute Gasteiger partial charge is 0.508 e. The molecular formula is C18H19N5O3. The smallest absolute Gasteiger partial charge is 0.259 e. The van der Waals surface area contributed by atoms with Crippen molar-refractivity contribution in [2.45, 2.75) is 13.8 Å².